The Labute approximate surface area is 81.6 Å². The molecule has 0 aliphatic heterocycles. The van der Waals surface area contributed by atoms with Crippen LogP contribution in [0.1, 0.15) is 21.5 Å². The molecule has 0 saturated carbocycles. The molecule has 0 spiro atoms. The molecule has 0 saturated heterocycles. The Morgan fingerprint density at radius 3 is 2.21 bits per heavy atom. The van der Waals surface area contributed by atoms with Crippen LogP contribution in [0.25, 0.3) is 0 Å². The van der Waals surface area contributed by atoms with E-state index in [1.54, 1.807) is 13.8 Å². The number of carboxylic acids is 1. The van der Waals surface area contributed by atoms with E-state index in [2.05, 4.69) is 5.32 Å². The highest BCUT2D eigenvalue weighted by molar-refractivity contribution is 5.90. The quantitative estimate of drug-likeness (QED) is 0.716. The zero-order chi connectivity index (χ0) is 10.7. The van der Waals surface area contributed by atoms with Crippen molar-refractivity contribution in [3.8, 4) is 0 Å². The second kappa shape index (κ2) is 3.91. The Morgan fingerprint density at radius 1 is 1.36 bits per heavy atom. The highest BCUT2D eigenvalue weighted by atomic mass is 16.4. The lowest BCUT2D eigenvalue weighted by molar-refractivity contribution is -0.105. The van der Waals surface area contributed by atoms with Crippen molar-refractivity contribution in [1.29, 1.82) is 0 Å². The highest BCUT2D eigenvalue weighted by Gasteiger charge is 2.08. The molecular formula is C10H11NO3. The first-order valence-electron chi connectivity index (χ1n) is 4.11. The van der Waals surface area contributed by atoms with Gasteiger partial charge in [0.05, 0.1) is 5.56 Å². The number of anilines is 1. The first kappa shape index (κ1) is 10.2. The Bertz CT molecular complexity index is 362. The fourth-order valence-corrected chi connectivity index (χ4v) is 1.37. The number of carboxylic acid groups (broad SMARTS) is 1. The molecule has 2 N–H and O–H groups in total. The summed E-state index contributed by atoms with van der Waals surface area (Å²) in [6.45, 7) is 3.51. The number of carbonyl (C=O) groups is 2. The summed E-state index contributed by atoms with van der Waals surface area (Å²) in [6, 6.07) is 3.06. The molecule has 0 unspecified atom stereocenters. The summed E-state index contributed by atoms with van der Waals surface area (Å²) in [5.74, 6) is -0.964. The molecule has 4 heteroatoms. The summed E-state index contributed by atoms with van der Waals surface area (Å²) >= 11 is 0. The van der Waals surface area contributed by atoms with Crippen LogP contribution in [-0.2, 0) is 4.79 Å². The second-order valence-electron chi connectivity index (χ2n) is 3.05. The van der Waals surface area contributed by atoms with Gasteiger partial charge in [0.1, 0.15) is 0 Å². The van der Waals surface area contributed by atoms with Crippen molar-refractivity contribution in [3.63, 3.8) is 0 Å². The van der Waals surface area contributed by atoms with Crippen LogP contribution in [0.15, 0.2) is 12.1 Å². The van der Waals surface area contributed by atoms with Gasteiger partial charge < -0.3 is 10.4 Å². The summed E-state index contributed by atoms with van der Waals surface area (Å²) < 4.78 is 0. The van der Waals surface area contributed by atoms with E-state index in [4.69, 9.17) is 5.11 Å². The van der Waals surface area contributed by atoms with E-state index in [1.807, 2.05) is 0 Å². The molecule has 0 aromatic heterocycles. The van der Waals surface area contributed by atoms with Gasteiger partial charge in [-0.2, -0.15) is 0 Å². The molecule has 14 heavy (non-hydrogen) atoms. The smallest absolute Gasteiger partial charge is 0.335 e. The molecule has 4 nitrogen and oxygen atoms in total. The molecule has 0 radical (unpaired) electrons. The minimum atomic E-state index is -0.964. The number of aromatic carboxylic acids is 1. The Morgan fingerprint density at radius 2 is 1.86 bits per heavy atom. The van der Waals surface area contributed by atoms with Crippen LogP contribution in [0.5, 0.6) is 0 Å². The van der Waals surface area contributed by atoms with Crippen LogP contribution in [0.2, 0.25) is 0 Å². The van der Waals surface area contributed by atoms with E-state index in [-0.39, 0.29) is 5.56 Å². The molecule has 0 atom stereocenters. The number of carbonyl (C=O) groups excluding carboxylic acids is 1. The van der Waals surface area contributed by atoms with Crippen LogP contribution in [0.4, 0.5) is 5.69 Å². The van der Waals surface area contributed by atoms with Gasteiger partial charge in [0.25, 0.3) is 0 Å². The standard InChI is InChI=1S/C10H11NO3/c1-6-3-8(10(13)14)4-7(2)9(6)11-5-12/h3-5H,1-2H3,(H,11,12)(H,13,14). The highest BCUT2D eigenvalue weighted by Crippen LogP contribution is 2.21. The first-order valence-corrected chi connectivity index (χ1v) is 4.11. The van der Waals surface area contributed by atoms with E-state index >= 15 is 0 Å². The molecule has 1 aromatic rings. The van der Waals surface area contributed by atoms with E-state index in [9.17, 15) is 9.59 Å². The zero-order valence-electron chi connectivity index (χ0n) is 8.00. The molecule has 1 aromatic carbocycles. The molecule has 1 amide bonds. The van der Waals surface area contributed by atoms with Crippen LogP contribution < -0.4 is 5.32 Å². The maximum atomic E-state index is 10.7. The Kier molecular flexibility index (Phi) is 2.86. The lowest BCUT2D eigenvalue weighted by atomic mass is 10.0. The third kappa shape index (κ3) is 1.90. The van der Waals surface area contributed by atoms with Crippen LogP contribution in [0, 0.1) is 13.8 Å². The van der Waals surface area contributed by atoms with Gasteiger partial charge in [0, 0.05) is 5.69 Å². The van der Waals surface area contributed by atoms with Gasteiger partial charge >= 0.3 is 5.97 Å². The van der Waals surface area contributed by atoms with E-state index in [0.29, 0.717) is 12.1 Å². The fraction of sp³-hybridized carbons (Fsp3) is 0.200. The molecule has 0 aliphatic carbocycles. The Balaban J connectivity index is 3.24. The van der Waals surface area contributed by atoms with E-state index < -0.39 is 5.97 Å². The van der Waals surface area contributed by atoms with Gasteiger partial charge in [0.15, 0.2) is 0 Å². The van der Waals surface area contributed by atoms with Gasteiger partial charge in [-0.15, -0.1) is 0 Å². The number of rotatable bonds is 3. The lowest BCUT2D eigenvalue weighted by Crippen LogP contribution is -2.03. The number of hydrogen-bond acceptors (Lipinski definition) is 2. The average Bonchev–Trinajstić information content (AvgIpc) is 2.10. The van der Waals surface area contributed by atoms with Crippen molar-refractivity contribution in [3.05, 3.63) is 28.8 Å². The molecule has 0 aliphatic rings. The summed E-state index contributed by atoms with van der Waals surface area (Å²) in [5.41, 5.74) is 2.39. The third-order valence-corrected chi connectivity index (χ3v) is 1.98. The van der Waals surface area contributed by atoms with Crippen LogP contribution in [0.3, 0.4) is 0 Å². The average molecular weight is 193 g/mol. The Hall–Kier alpha value is -1.84. The molecular weight excluding hydrogens is 182 g/mol. The van der Waals surface area contributed by atoms with Crippen molar-refractivity contribution < 1.29 is 14.7 Å². The second-order valence-corrected chi connectivity index (χ2v) is 3.05. The molecule has 0 heterocycles. The summed E-state index contributed by atoms with van der Waals surface area (Å²) in [5, 5.41) is 11.3. The van der Waals surface area contributed by atoms with Crippen molar-refractivity contribution in [2.45, 2.75) is 13.8 Å². The van der Waals surface area contributed by atoms with Gasteiger partial charge in [-0.05, 0) is 37.1 Å². The number of hydrogen-bond donors (Lipinski definition) is 2. The molecule has 74 valence electrons. The fourth-order valence-electron chi connectivity index (χ4n) is 1.37. The number of amides is 1. The minimum Gasteiger partial charge on any atom is -0.478 e. The zero-order valence-corrected chi connectivity index (χ0v) is 8.00. The molecule has 0 bridgehead atoms. The van der Waals surface area contributed by atoms with Gasteiger partial charge in [-0.25, -0.2) is 4.79 Å². The monoisotopic (exact) mass is 193 g/mol. The van der Waals surface area contributed by atoms with Gasteiger partial charge in [-0.3, -0.25) is 4.79 Å². The predicted molar refractivity (Wildman–Crippen MR) is 52.6 cm³/mol. The molecule has 1 rings (SSSR count). The number of nitrogens with one attached hydrogen (secondary N) is 1. The topological polar surface area (TPSA) is 66.4 Å². The summed E-state index contributed by atoms with van der Waals surface area (Å²) in [6.07, 6.45) is 0.579. The van der Waals surface area contributed by atoms with Crippen LogP contribution >= 0.6 is 0 Å². The normalized spacial score (nSPS) is 9.57. The van der Waals surface area contributed by atoms with Gasteiger partial charge in [-0.1, -0.05) is 0 Å². The van der Waals surface area contributed by atoms with Crippen molar-refractivity contribution in [2.75, 3.05) is 5.32 Å². The first-order chi connectivity index (χ1) is 6.56. The summed E-state index contributed by atoms with van der Waals surface area (Å²) in [7, 11) is 0. The maximum absolute atomic E-state index is 10.7. The van der Waals surface area contributed by atoms with Gasteiger partial charge in [0.2, 0.25) is 6.41 Å². The van der Waals surface area contributed by atoms with E-state index in [1.165, 1.54) is 12.1 Å². The summed E-state index contributed by atoms with van der Waals surface area (Å²) in [4.78, 5) is 21.0. The SMILES string of the molecule is Cc1cc(C(=O)O)cc(C)c1NC=O. The number of aryl methyl sites for hydroxylation is 2. The van der Waals surface area contributed by atoms with E-state index in [0.717, 1.165) is 11.1 Å². The van der Waals surface area contributed by atoms with Crippen LogP contribution in [-0.4, -0.2) is 17.5 Å². The van der Waals surface area contributed by atoms with Crippen molar-refractivity contribution in [1.82, 2.24) is 0 Å². The third-order valence-electron chi connectivity index (χ3n) is 1.98. The minimum absolute atomic E-state index is 0.233. The van der Waals surface area contributed by atoms with Crippen molar-refractivity contribution >= 4 is 18.1 Å². The molecule has 0 fully saturated rings. The number of benzene rings is 1. The largest absolute Gasteiger partial charge is 0.478 e. The maximum Gasteiger partial charge on any atom is 0.335 e. The lowest BCUT2D eigenvalue weighted by Gasteiger charge is -2.09. The van der Waals surface area contributed by atoms with Crippen molar-refractivity contribution in [2.24, 2.45) is 0 Å². The predicted octanol–water partition coefficient (Wildman–Crippen LogP) is 1.57.